The first-order valence-electron chi connectivity index (χ1n) is 14.2. The summed E-state index contributed by atoms with van der Waals surface area (Å²) in [6.45, 7) is 0.101. The highest BCUT2D eigenvalue weighted by molar-refractivity contribution is 6.06. The molecule has 0 saturated carbocycles. The van der Waals surface area contributed by atoms with Crippen molar-refractivity contribution in [2.24, 2.45) is 0 Å². The van der Waals surface area contributed by atoms with Crippen molar-refractivity contribution in [1.29, 1.82) is 0 Å². The normalized spacial score (nSPS) is 11.9. The molecule has 2 aliphatic heterocycles. The van der Waals surface area contributed by atoms with Gasteiger partial charge in [-0.2, -0.15) is 0 Å². The van der Waals surface area contributed by atoms with E-state index >= 15 is 0 Å². The zero-order chi connectivity index (χ0) is 29.2. The van der Waals surface area contributed by atoms with Crippen LogP contribution in [0.5, 0.6) is 5.75 Å². The molecule has 0 aliphatic carbocycles. The molecule has 0 fully saturated rings. The first-order valence-corrected chi connectivity index (χ1v) is 14.2. The second-order valence-corrected chi connectivity index (χ2v) is 10.5. The first kappa shape index (κ1) is 24.6. The van der Waals surface area contributed by atoms with Gasteiger partial charge in [-0.1, -0.05) is 72.8 Å². The van der Waals surface area contributed by atoms with Gasteiger partial charge in [-0.3, -0.25) is 0 Å². The molecule has 0 spiro atoms. The fraction of sp³-hybridized carbons (Fsp3) is 0.0588. The predicted octanol–water partition coefficient (Wildman–Crippen LogP) is 6.24. The van der Waals surface area contributed by atoms with Crippen molar-refractivity contribution in [1.82, 2.24) is 39.9 Å². The van der Waals surface area contributed by atoms with Crippen LogP contribution in [-0.4, -0.2) is 58.2 Å². The molecule has 0 radical (unpaired) electrons. The summed E-state index contributed by atoms with van der Waals surface area (Å²) in [5, 5.41) is 12.8. The zero-order valence-electron chi connectivity index (χ0n) is 23.1. The standard InChI is InChI=1S/C34H22N8O2/c43-15-16-44-18-13-14-25-26(17-18)34-41-32-24-12-6-5-11-23(24)30(39-32)37-28-20-8-2-1-7-19(20)27(35-28)36-29-21-9-3-4-10-22(21)31(38-29)40-33(25)42-34/h1-14,17,43H,15-16H2,(H2,35,36,37,38,39,40,41,42). The Morgan fingerprint density at radius 2 is 0.886 bits per heavy atom. The first-order chi connectivity index (χ1) is 21.7. The molecule has 0 amide bonds. The summed E-state index contributed by atoms with van der Waals surface area (Å²) in [4.78, 5) is 36.8. The van der Waals surface area contributed by atoms with Gasteiger partial charge < -0.3 is 19.8 Å². The average Bonchev–Trinajstić information content (AvgIpc) is 3.79. The van der Waals surface area contributed by atoms with Crippen molar-refractivity contribution >= 4 is 44.1 Å². The molecule has 44 heavy (non-hydrogen) atoms. The zero-order valence-corrected chi connectivity index (χ0v) is 23.1. The lowest BCUT2D eigenvalue weighted by Crippen LogP contribution is -2.01. The summed E-state index contributed by atoms with van der Waals surface area (Å²) >= 11 is 0. The number of aromatic nitrogens is 8. The molecule has 0 unspecified atom stereocenters. The second-order valence-electron chi connectivity index (χ2n) is 10.5. The number of hydrogen-bond acceptors (Lipinski definition) is 8. The maximum atomic E-state index is 9.31. The molecule has 9 rings (SSSR count). The Bertz CT molecular complexity index is 2460. The van der Waals surface area contributed by atoms with Gasteiger partial charge in [0, 0.05) is 43.8 Å². The minimum absolute atomic E-state index is 0.0840. The van der Waals surface area contributed by atoms with E-state index in [4.69, 9.17) is 34.6 Å². The largest absolute Gasteiger partial charge is 0.491 e. The van der Waals surface area contributed by atoms with Crippen LogP contribution >= 0.6 is 0 Å². The number of aliphatic hydroxyl groups excluding tert-OH is 1. The molecule has 10 nitrogen and oxygen atoms in total. The summed E-state index contributed by atoms with van der Waals surface area (Å²) < 4.78 is 5.74. The number of aliphatic hydroxyl groups is 1. The van der Waals surface area contributed by atoms with Crippen LogP contribution in [0.25, 0.3) is 89.7 Å². The summed E-state index contributed by atoms with van der Waals surface area (Å²) in [6, 6.07) is 29.6. The van der Waals surface area contributed by atoms with Crippen molar-refractivity contribution in [3.8, 4) is 51.3 Å². The summed E-state index contributed by atoms with van der Waals surface area (Å²) in [7, 11) is 0. The molecule has 5 heterocycles. The number of nitrogens with one attached hydrogen (secondary N) is 2. The number of aromatic amines is 2. The SMILES string of the molecule is OCCOc1ccc2c3nc4nc(nc5[nH]c(nc6nc(nc([nH]3)c2c1)-c1ccccc1-6)c1ccccc51)-c1ccccc1-4. The van der Waals surface area contributed by atoms with E-state index in [1.165, 1.54) is 0 Å². The number of H-pyrrole nitrogens is 2. The van der Waals surface area contributed by atoms with Gasteiger partial charge in [-0.05, 0) is 18.2 Å². The molecule has 0 atom stereocenters. The summed E-state index contributed by atoms with van der Waals surface area (Å²) in [5.74, 6) is 2.80. The molecule has 8 bridgehead atoms. The van der Waals surface area contributed by atoms with Crippen molar-refractivity contribution < 1.29 is 9.84 Å². The van der Waals surface area contributed by atoms with Crippen LogP contribution in [0.3, 0.4) is 0 Å². The van der Waals surface area contributed by atoms with Gasteiger partial charge in [0.2, 0.25) is 0 Å². The van der Waals surface area contributed by atoms with E-state index in [1.54, 1.807) is 0 Å². The third-order valence-corrected chi connectivity index (χ3v) is 7.88. The number of hydrogen-bond donors (Lipinski definition) is 3. The van der Waals surface area contributed by atoms with Gasteiger partial charge >= 0.3 is 0 Å². The van der Waals surface area contributed by atoms with Crippen LogP contribution in [0.1, 0.15) is 0 Å². The van der Waals surface area contributed by atoms with E-state index in [0.717, 1.165) is 43.8 Å². The van der Waals surface area contributed by atoms with E-state index in [2.05, 4.69) is 9.97 Å². The van der Waals surface area contributed by atoms with Crippen LogP contribution in [0.2, 0.25) is 0 Å². The fourth-order valence-electron chi connectivity index (χ4n) is 5.87. The number of fused-ring (bicyclic) bond motifs is 20. The van der Waals surface area contributed by atoms with Crippen LogP contribution < -0.4 is 4.74 Å². The van der Waals surface area contributed by atoms with Crippen molar-refractivity contribution in [2.75, 3.05) is 13.2 Å². The Morgan fingerprint density at radius 3 is 1.34 bits per heavy atom. The van der Waals surface area contributed by atoms with Crippen LogP contribution in [0.15, 0.2) is 91.0 Å². The number of nitrogens with zero attached hydrogens (tertiary/aromatic N) is 6. The summed E-state index contributed by atoms with van der Waals surface area (Å²) in [6.07, 6.45) is 0. The van der Waals surface area contributed by atoms with Gasteiger partial charge in [0.15, 0.2) is 23.3 Å². The minimum Gasteiger partial charge on any atom is -0.491 e. The third kappa shape index (κ3) is 3.78. The van der Waals surface area contributed by atoms with Gasteiger partial charge in [-0.15, -0.1) is 0 Å². The lowest BCUT2D eigenvalue weighted by molar-refractivity contribution is 0.201. The van der Waals surface area contributed by atoms with E-state index < -0.39 is 0 Å². The molecule has 2 aliphatic rings. The molecule has 4 aromatic carbocycles. The van der Waals surface area contributed by atoms with Crippen molar-refractivity contribution in [3.05, 3.63) is 91.0 Å². The Balaban J connectivity index is 1.46. The van der Waals surface area contributed by atoms with E-state index in [1.807, 2.05) is 91.0 Å². The monoisotopic (exact) mass is 574 g/mol. The Labute approximate surface area is 249 Å². The highest BCUT2D eigenvalue weighted by Crippen LogP contribution is 2.37. The highest BCUT2D eigenvalue weighted by Gasteiger charge is 2.21. The maximum Gasteiger partial charge on any atom is 0.164 e. The molecular formula is C34H22N8O2. The molecule has 3 aromatic heterocycles. The third-order valence-electron chi connectivity index (χ3n) is 7.88. The van der Waals surface area contributed by atoms with Crippen molar-refractivity contribution in [2.45, 2.75) is 0 Å². The number of rotatable bonds is 3. The molecule has 0 saturated heterocycles. The van der Waals surface area contributed by atoms with E-state index in [0.29, 0.717) is 51.6 Å². The van der Waals surface area contributed by atoms with E-state index in [-0.39, 0.29) is 13.2 Å². The average molecular weight is 575 g/mol. The quantitative estimate of drug-likeness (QED) is 0.225. The molecule has 7 aromatic rings. The lowest BCUT2D eigenvalue weighted by atomic mass is 10.1. The fourth-order valence-corrected chi connectivity index (χ4v) is 5.87. The maximum absolute atomic E-state index is 9.31. The topological polar surface area (TPSA) is 138 Å². The molecule has 10 heteroatoms. The summed E-state index contributed by atoms with van der Waals surface area (Å²) in [5.41, 5.74) is 6.01. The highest BCUT2D eigenvalue weighted by atomic mass is 16.5. The number of benzene rings is 4. The van der Waals surface area contributed by atoms with E-state index in [9.17, 15) is 5.11 Å². The second kappa shape index (κ2) is 9.51. The molecule has 3 N–H and O–H groups in total. The van der Waals surface area contributed by atoms with Crippen molar-refractivity contribution in [3.63, 3.8) is 0 Å². The van der Waals surface area contributed by atoms with Crippen LogP contribution in [-0.2, 0) is 0 Å². The molecular weight excluding hydrogens is 552 g/mol. The molecule has 210 valence electrons. The number of ether oxygens (including phenoxy) is 1. The smallest absolute Gasteiger partial charge is 0.164 e. The Kier molecular flexibility index (Phi) is 5.32. The Morgan fingerprint density at radius 1 is 0.477 bits per heavy atom. The Hall–Kier alpha value is -6.00. The van der Waals surface area contributed by atoms with Gasteiger partial charge in [-0.25, -0.2) is 29.9 Å². The lowest BCUT2D eigenvalue weighted by Gasteiger charge is -2.03. The minimum atomic E-state index is -0.0840. The van der Waals surface area contributed by atoms with Gasteiger partial charge in [0.05, 0.1) is 6.61 Å². The van der Waals surface area contributed by atoms with Crippen LogP contribution in [0, 0.1) is 0 Å². The van der Waals surface area contributed by atoms with Gasteiger partial charge in [0.1, 0.15) is 34.9 Å². The van der Waals surface area contributed by atoms with Crippen LogP contribution in [0.4, 0.5) is 0 Å². The van der Waals surface area contributed by atoms with Gasteiger partial charge in [0.25, 0.3) is 0 Å². The predicted molar refractivity (Wildman–Crippen MR) is 169 cm³/mol.